The van der Waals surface area contributed by atoms with E-state index in [1.54, 1.807) is 36.1 Å². The molecule has 0 aliphatic heterocycles. The number of nitrogen functional groups attached to an aromatic ring is 1. The fraction of sp³-hybridized carbons (Fsp3) is 0.217. The van der Waals surface area contributed by atoms with Gasteiger partial charge < -0.3 is 11.1 Å². The molecular formula is C23H21N7OS. The highest BCUT2D eigenvalue weighted by atomic mass is 32.1. The summed E-state index contributed by atoms with van der Waals surface area (Å²) in [7, 11) is 0. The molecule has 0 unspecified atom stereocenters. The summed E-state index contributed by atoms with van der Waals surface area (Å²) in [5.41, 5.74) is 9.20. The second kappa shape index (κ2) is 8.08. The number of nitrogens with two attached hydrogens (primary N) is 1. The molecule has 4 heterocycles. The van der Waals surface area contributed by atoms with Gasteiger partial charge in [-0.25, -0.2) is 19.9 Å². The maximum atomic E-state index is 13.2. The van der Waals surface area contributed by atoms with Crippen molar-refractivity contribution in [1.82, 2.24) is 24.9 Å². The number of nitrogens with zero attached hydrogens (tertiary/aromatic N) is 5. The van der Waals surface area contributed by atoms with Gasteiger partial charge in [0.2, 0.25) is 11.9 Å². The molecule has 1 fully saturated rings. The van der Waals surface area contributed by atoms with Crippen LogP contribution in [-0.2, 0) is 10.2 Å². The number of amides is 1. The van der Waals surface area contributed by atoms with Crippen molar-refractivity contribution in [3.05, 3.63) is 65.0 Å². The van der Waals surface area contributed by atoms with E-state index in [2.05, 4.69) is 30.2 Å². The van der Waals surface area contributed by atoms with Crippen LogP contribution in [0.25, 0.3) is 22.5 Å². The second-order valence-electron chi connectivity index (χ2n) is 7.84. The molecule has 0 radical (unpaired) electrons. The molecule has 0 saturated heterocycles. The van der Waals surface area contributed by atoms with E-state index in [-0.39, 0.29) is 11.9 Å². The van der Waals surface area contributed by atoms with E-state index in [4.69, 9.17) is 5.73 Å². The van der Waals surface area contributed by atoms with Crippen LogP contribution in [0.1, 0.15) is 29.8 Å². The van der Waals surface area contributed by atoms with E-state index in [1.165, 1.54) is 0 Å². The zero-order valence-electron chi connectivity index (χ0n) is 17.4. The minimum absolute atomic E-state index is 0.0566. The summed E-state index contributed by atoms with van der Waals surface area (Å²) in [6.07, 6.45) is 9.34. The van der Waals surface area contributed by atoms with Crippen molar-refractivity contribution in [3.63, 3.8) is 0 Å². The molecule has 1 saturated carbocycles. The maximum Gasteiger partial charge on any atom is 0.236 e. The van der Waals surface area contributed by atoms with Crippen molar-refractivity contribution in [3.8, 4) is 22.5 Å². The molecule has 8 nitrogen and oxygen atoms in total. The molecular weight excluding hydrogens is 422 g/mol. The molecule has 0 atom stereocenters. The predicted molar refractivity (Wildman–Crippen MR) is 124 cm³/mol. The number of nitrogens with one attached hydrogen (secondary N) is 1. The van der Waals surface area contributed by atoms with E-state index in [9.17, 15) is 4.79 Å². The Balaban J connectivity index is 1.33. The number of hydrogen-bond donors (Lipinski definition) is 2. The summed E-state index contributed by atoms with van der Waals surface area (Å²) >= 11 is 1.60. The fourth-order valence-corrected chi connectivity index (χ4v) is 4.47. The lowest BCUT2D eigenvalue weighted by molar-refractivity contribution is -0.124. The Labute approximate surface area is 189 Å². The lowest BCUT2D eigenvalue weighted by Crippen LogP contribution is -2.46. The van der Waals surface area contributed by atoms with Crippen molar-refractivity contribution in [2.45, 2.75) is 31.6 Å². The number of carbonyl (C=O) groups excluding carboxylic acids is 1. The van der Waals surface area contributed by atoms with Crippen LogP contribution in [0.4, 0.5) is 11.8 Å². The molecule has 5 rings (SSSR count). The van der Waals surface area contributed by atoms with Crippen LogP contribution in [0.15, 0.2) is 54.4 Å². The van der Waals surface area contributed by atoms with E-state index >= 15 is 0 Å². The smallest absolute Gasteiger partial charge is 0.236 e. The van der Waals surface area contributed by atoms with Crippen LogP contribution in [0, 0.1) is 6.92 Å². The first-order valence-electron chi connectivity index (χ1n) is 10.3. The van der Waals surface area contributed by atoms with Gasteiger partial charge in [0.05, 0.1) is 21.8 Å². The monoisotopic (exact) mass is 443 g/mol. The van der Waals surface area contributed by atoms with Gasteiger partial charge in [-0.3, -0.25) is 9.78 Å². The van der Waals surface area contributed by atoms with Crippen LogP contribution in [0.3, 0.4) is 0 Å². The first-order chi connectivity index (χ1) is 15.5. The molecule has 0 aromatic carbocycles. The third kappa shape index (κ3) is 3.71. The lowest BCUT2D eigenvalue weighted by Gasteiger charge is -2.40. The normalized spacial score (nSPS) is 14.5. The van der Waals surface area contributed by atoms with Crippen LogP contribution in [0.5, 0.6) is 0 Å². The standard InChI is InChI=1S/C23H21N7OS/c1-14-29-19(13-32-14)15-3-6-20(26-9-15)30-21(31)23(7-2-8-23)17-4-5-18(25-12-17)16-10-27-22(24)28-11-16/h3-6,9-13H,2,7-8H2,1H3,(H2,24,27,28)(H,26,30,31). The fourth-order valence-electron chi connectivity index (χ4n) is 3.85. The topological polar surface area (TPSA) is 120 Å². The molecule has 160 valence electrons. The van der Waals surface area contributed by atoms with Crippen molar-refractivity contribution < 1.29 is 4.79 Å². The van der Waals surface area contributed by atoms with Gasteiger partial charge in [-0.15, -0.1) is 11.3 Å². The van der Waals surface area contributed by atoms with Gasteiger partial charge in [0.15, 0.2) is 0 Å². The molecule has 1 amide bonds. The molecule has 4 aromatic heterocycles. The van der Waals surface area contributed by atoms with Gasteiger partial charge in [-0.2, -0.15) is 0 Å². The summed E-state index contributed by atoms with van der Waals surface area (Å²) in [5, 5.41) is 6.00. The number of carbonyl (C=O) groups is 1. The average Bonchev–Trinajstić information content (AvgIpc) is 3.21. The number of aromatic nitrogens is 5. The molecule has 4 aromatic rings. The summed E-state index contributed by atoms with van der Waals surface area (Å²) in [4.78, 5) is 34.7. The van der Waals surface area contributed by atoms with Crippen LogP contribution in [0.2, 0.25) is 0 Å². The minimum atomic E-state index is -0.588. The number of rotatable bonds is 5. The van der Waals surface area contributed by atoms with Crippen molar-refractivity contribution in [1.29, 1.82) is 0 Å². The summed E-state index contributed by atoms with van der Waals surface area (Å²) in [6, 6.07) is 7.59. The highest BCUT2D eigenvalue weighted by Gasteiger charge is 2.46. The largest absolute Gasteiger partial charge is 0.368 e. The summed E-state index contributed by atoms with van der Waals surface area (Å²) < 4.78 is 0. The number of anilines is 2. The molecule has 3 N–H and O–H groups in total. The Morgan fingerprint density at radius 1 is 0.969 bits per heavy atom. The molecule has 0 spiro atoms. The predicted octanol–water partition coefficient (Wildman–Crippen LogP) is 4.01. The Morgan fingerprint density at radius 3 is 2.31 bits per heavy atom. The number of aryl methyl sites for hydroxylation is 1. The zero-order valence-corrected chi connectivity index (χ0v) is 18.3. The van der Waals surface area contributed by atoms with Crippen molar-refractivity contribution in [2.75, 3.05) is 11.1 Å². The molecule has 9 heteroatoms. The van der Waals surface area contributed by atoms with Gasteiger partial charge >= 0.3 is 0 Å². The van der Waals surface area contributed by atoms with Crippen molar-refractivity contribution in [2.24, 2.45) is 0 Å². The highest BCUT2D eigenvalue weighted by molar-refractivity contribution is 7.09. The number of pyridine rings is 2. The third-order valence-electron chi connectivity index (χ3n) is 5.85. The van der Waals surface area contributed by atoms with Crippen LogP contribution < -0.4 is 11.1 Å². The molecule has 0 bridgehead atoms. The zero-order chi connectivity index (χ0) is 22.1. The summed E-state index contributed by atoms with van der Waals surface area (Å²) in [5.74, 6) is 0.693. The molecule has 32 heavy (non-hydrogen) atoms. The van der Waals surface area contributed by atoms with E-state index in [0.29, 0.717) is 5.82 Å². The Bertz CT molecular complexity index is 1250. The Morgan fingerprint density at radius 2 is 1.75 bits per heavy atom. The minimum Gasteiger partial charge on any atom is -0.368 e. The molecule has 1 aliphatic rings. The Kier molecular flexibility index (Phi) is 5.10. The Hall–Kier alpha value is -3.72. The van der Waals surface area contributed by atoms with Gasteiger partial charge in [0, 0.05) is 41.3 Å². The number of thiazole rings is 1. The van der Waals surface area contributed by atoms with Crippen LogP contribution >= 0.6 is 11.3 Å². The van der Waals surface area contributed by atoms with Gasteiger partial charge in [0.1, 0.15) is 5.82 Å². The lowest BCUT2D eigenvalue weighted by atomic mass is 9.64. The highest BCUT2D eigenvalue weighted by Crippen LogP contribution is 2.44. The first kappa shape index (κ1) is 20.2. The third-order valence-corrected chi connectivity index (χ3v) is 6.62. The van der Waals surface area contributed by atoms with E-state index < -0.39 is 5.41 Å². The van der Waals surface area contributed by atoms with Gasteiger partial charge in [-0.05, 0) is 43.5 Å². The van der Waals surface area contributed by atoms with Crippen LogP contribution in [-0.4, -0.2) is 30.8 Å². The number of hydrogen-bond acceptors (Lipinski definition) is 8. The van der Waals surface area contributed by atoms with Gasteiger partial charge in [0.25, 0.3) is 0 Å². The van der Waals surface area contributed by atoms with Crippen molar-refractivity contribution >= 4 is 29.0 Å². The first-order valence-corrected chi connectivity index (χ1v) is 11.2. The van der Waals surface area contributed by atoms with E-state index in [1.807, 2.05) is 36.6 Å². The quantitative estimate of drug-likeness (QED) is 0.478. The van der Waals surface area contributed by atoms with Gasteiger partial charge in [-0.1, -0.05) is 12.5 Å². The summed E-state index contributed by atoms with van der Waals surface area (Å²) in [6.45, 7) is 1.97. The van der Waals surface area contributed by atoms with E-state index in [0.717, 1.165) is 52.3 Å². The second-order valence-corrected chi connectivity index (χ2v) is 8.90. The SMILES string of the molecule is Cc1nc(-c2ccc(NC(=O)C3(c4ccc(-c5cnc(N)nc5)nc4)CCC3)nc2)cs1. The molecule has 1 aliphatic carbocycles. The maximum absolute atomic E-state index is 13.2. The average molecular weight is 444 g/mol.